The number of alkyl halides is 3. The van der Waals surface area contributed by atoms with Crippen molar-refractivity contribution in [2.24, 2.45) is 11.8 Å². The van der Waals surface area contributed by atoms with Gasteiger partial charge in [-0.3, -0.25) is 0 Å². The third-order valence-electron chi connectivity index (χ3n) is 4.92. The normalized spacial score (nSPS) is 22.4. The van der Waals surface area contributed by atoms with E-state index in [0.717, 1.165) is 6.07 Å². The number of hydrogen-bond acceptors (Lipinski definition) is 6. The standard InChI is InChI=1S/C17H15F3N6/c18-17(19,20)14-2-1-4-22-15(14)25-7-11-9-26(10-12(11)8-25)16-23-5-3-13(6-21)24-16/h1-5,11-12H,7-10H2. The van der Waals surface area contributed by atoms with Crippen LogP contribution in [0.2, 0.25) is 0 Å². The molecule has 4 heterocycles. The first-order chi connectivity index (χ1) is 12.5. The molecule has 0 spiro atoms. The summed E-state index contributed by atoms with van der Waals surface area (Å²) >= 11 is 0. The summed E-state index contributed by atoms with van der Waals surface area (Å²) < 4.78 is 39.7. The van der Waals surface area contributed by atoms with Crippen molar-refractivity contribution in [3.8, 4) is 6.07 Å². The summed E-state index contributed by atoms with van der Waals surface area (Å²) in [7, 11) is 0. The Bertz CT molecular complexity index is 848. The quantitative estimate of drug-likeness (QED) is 0.819. The number of pyridine rings is 1. The van der Waals surface area contributed by atoms with E-state index in [4.69, 9.17) is 5.26 Å². The molecule has 2 aromatic rings. The smallest absolute Gasteiger partial charge is 0.355 e. The summed E-state index contributed by atoms with van der Waals surface area (Å²) in [5, 5.41) is 8.95. The number of nitriles is 1. The second kappa shape index (κ2) is 6.12. The van der Waals surface area contributed by atoms with Gasteiger partial charge < -0.3 is 9.80 Å². The topological polar surface area (TPSA) is 68.9 Å². The third-order valence-corrected chi connectivity index (χ3v) is 4.92. The number of aromatic nitrogens is 3. The van der Waals surface area contributed by atoms with Crippen LogP contribution in [0.25, 0.3) is 0 Å². The van der Waals surface area contributed by atoms with E-state index in [1.54, 1.807) is 17.2 Å². The van der Waals surface area contributed by atoms with Crippen LogP contribution in [-0.4, -0.2) is 41.1 Å². The molecule has 4 rings (SSSR count). The average molecular weight is 360 g/mol. The molecule has 2 aromatic heterocycles. The van der Waals surface area contributed by atoms with Gasteiger partial charge in [-0.2, -0.15) is 18.4 Å². The van der Waals surface area contributed by atoms with E-state index in [2.05, 4.69) is 15.0 Å². The molecule has 2 saturated heterocycles. The molecule has 2 atom stereocenters. The Balaban J connectivity index is 1.50. The van der Waals surface area contributed by atoms with Crippen LogP contribution in [0.3, 0.4) is 0 Å². The Morgan fingerprint density at radius 2 is 1.69 bits per heavy atom. The fourth-order valence-electron chi connectivity index (χ4n) is 3.76. The van der Waals surface area contributed by atoms with Gasteiger partial charge in [0, 0.05) is 50.4 Å². The molecular formula is C17H15F3N6. The summed E-state index contributed by atoms with van der Waals surface area (Å²) in [6.07, 6.45) is -1.48. The Labute approximate surface area is 147 Å². The maximum Gasteiger partial charge on any atom is 0.419 e. The van der Waals surface area contributed by atoms with Crippen molar-refractivity contribution in [2.45, 2.75) is 6.18 Å². The fraction of sp³-hybridized carbons (Fsp3) is 0.412. The van der Waals surface area contributed by atoms with Crippen LogP contribution in [0, 0.1) is 23.2 Å². The van der Waals surface area contributed by atoms with E-state index < -0.39 is 11.7 Å². The number of fused-ring (bicyclic) bond motifs is 1. The number of hydrogen-bond donors (Lipinski definition) is 0. The van der Waals surface area contributed by atoms with Crippen molar-refractivity contribution in [3.05, 3.63) is 41.9 Å². The lowest BCUT2D eigenvalue weighted by Gasteiger charge is -2.24. The highest BCUT2D eigenvalue weighted by Crippen LogP contribution is 2.40. The molecule has 2 aliphatic heterocycles. The largest absolute Gasteiger partial charge is 0.419 e. The van der Waals surface area contributed by atoms with Crippen LogP contribution >= 0.6 is 0 Å². The molecule has 0 N–H and O–H groups in total. The third kappa shape index (κ3) is 2.92. The summed E-state index contributed by atoms with van der Waals surface area (Å²) in [5.41, 5.74) is -0.390. The second-order valence-electron chi connectivity index (χ2n) is 6.56. The Kier molecular flexibility index (Phi) is 3.90. The van der Waals surface area contributed by atoms with Crippen molar-refractivity contribution in [3.63, 3.8) is 0 Å². The lowest BCUT2D eigenvalue weighted by atomic mass is 10.0. The van der Waals surface area contributed by atoms with Gasteiger partial charge >= 0.3 is 6.18 Å². The van der Waals surface area contributed by atoms with Crippen LogP contribution in [0.4, 0.5) is 24.9 Å². The minimum absolute atomic E-state index is 0.00341. The molecule has 0 aliphatic carbocycles. The first-order valence-electron chi connectivity index (χ1n) is 8.21. The van der Waals surface area contributed by atoms with E-state index in [-0.39, 0.29) is 17.7 Å². The SMILES string of the molecule is N#Cc1ccnc(N2CC3CN(c4ncccc4C(F)(F)F)CC3C2)n1. The average Bonchev–Trinajstić information content (AvgIpc) is 3.20. The highest BCUT2D eigenvalue weighted by atomic mass is 19.4. The van der Waals surface area contributed by atoms with E-state index >= 15 is 0 Å². The van der Waals surface area contributed by atoms with Crippen molar-refractivity contribution < 1.29 is 13.2 Å². The summed E-state index contributed by atoms with van der Waals surface area (Å²) in [5.74, 6) is 0.933. The molecule has 26 heavy (non-hydrogen) atoms. The van der Waals surface area contributed by atoms with Crippen LogP contribution in [0.5, 0.6) is 0 Å². The van der Waals surface area contributed by atoms with Gasteiger partial charge in [-0.15, -0.1) is 0 Å². The number of rotatable bonds is 2. The van der Waals surface area contributed by atoms with Gasteiger partial charge in [0.1, 0.15) is 17.6 Å². The van der Waals surface area contributed by atoms with Gasteiger partial charge in [-0.1, -0.05) is 0 Å². The molecule has 0 saturated carbocycles. The summed E-state index contributed by atoms with van der Waals surface area (Å²) in [4.78, 5) is 16.1. The van der Waals surface area contributed by atoms with Gasteiger partial charge in [0.2, 0.25) is 5.95 Å². The predicted octanol–water partition coefficient (Wildman–Crippen LogP) is 2.33. The van der Waals surface area contributed by atoms with Crippen LogP contribution in [0.15, 0.2) is 30.6 Å². The maximum absolute atomic E-state index is 13.2. The van der Waals surface area contributed by atoms with Crippen LogP contribution < -0.4 is 9.80 Å². The van der Waals surface area contributed by atoms with Gasteiger partial charge in [-0.25, -0.2) is 15.0 Å². The number of nitrogens with zero attached hydrogens (tertiary/aromatic N) is 6. The first kappa shape index (κ1) is 16.6. The van der Waals surface area contributed by atoms with Crippen molar-refractivity contribution in [2.75, 3.05) is 36.0 Å². The van der Waals surface area contributed by atoms with Gasteiger partial charge in [-0.05, 0) is 18.2 Å². The van der Waals surface area contributed by atoms with Gasteiger partial charge in [0.15, 0.2) is 0 Å². The summed E-state index contributed by atoms with van der Waals surface area (Å²) in [6.45, 7) is 2.34. The van der Waals surface area contributed by atoms with E-state index in [0.29, 0.717) is 37.8 Å². The molecule has 0 amide bonds. The lowest BCUT2D eigenvalue weighted by Crippen LogP contribution is -2.31. The molecule has 6 nitrogen and oxygen atoms in total. The molecular weight excluding hydrogens is 345 g/mol. The van der Waals surface area contributed by atoms with Crippen LogP contribution in [0.1, 0.15) is 11.3 Å². The molecule has 9 heteroatoms. The van der Waals surface area contributed by atoms with E-state index in [1.807, 2.05) is 11.0 Å². The monoisotopic (exact) mass is 360 g/mol. The summed E-state index contributed by atoms with van der Waals surface area (Å²) in [6, 6.07) is 5.92. The van der Waals surface area contributed by atoms with Gasteiger partial charge in [0.25, 0.3) is 0 Å². The van der Waals surface area contributed by atoms with Crippen LogP contribution in [-0.2, 0) is 6.18 Å². The van der Waals surface area contributed by atoms with E-state index in [1.165, 1.54) is 12.3 Å². The fourth-order valence-corrected chi connectivity index (χ4v) is 3.76. The second-order valence-corrected chi connectivity index (χ2v) is 6.56. The van der Waals surface area contributed by atoms with Crippen molar-refractivity contribution >= 4 is 11.8 Å². The molecule has 2 fully saturated rings. The maximum atomic E-state index is 13.2. The first-order valence-corrected chi connectivity index (χ1v) is 8.21. The molecule has 2 aliphatic rings. The Morgan fingerprint density at radius 1 is 1.00 bits per heavy atom. The molecule has 0 bridgehead atoms. The molecule has 0 aromatic carbocycles. The Hall–Kier alpha value is -2.89. The zero-order valence-electron chi connectivity index (χ0n) is 13.7. The minimum atomic E-state index is -4.42. The highest BCUT2D eigenvalue weighted by molar-refractivity contribution is 5.50. The highest BCUT2D eigenvalue weighted by Gasteiger charge is 2.44. The Morgan fingerprint density at radius 3 is 2.35 bits per heavy atom. The van der Waals surface area contributed by atoms with Crippen molar-refractivity contribution in [1.29, 1.82) is 5.26 Å². The lowest BCUT2D eigenvalue weighted by molar-refractivity contribution is -0.137. The zero-order chi connectivity index (χ0) is 18.3. The molecule has 2 unspecified atom stereocenters. The van der Waals surface area contributed by atoms with Gasteiger partial charge in [0.05, 0.1) is 5.56 Å². The minimum Gasteiger partial charge on any atom is -0.355 e. The molecule has 134 valence electrons. The predicted molar refractivity (Wildman–Crippen MR) is 87.4 cm³/mol. The molecule has 0 radical (unpaired) electrons. The zero-order valence-corrected chi connectivity index (χ0v) is 13.7. The number of halogens is 3. The van der Waals surface area contributed by atoms with E-state index in [9.17, 15) is 13.2 Å². The van der Waals surface area contributed by atoms with Crippen molar-refractivity contribution in [1.82, 2.24) is 15.0 Å². The number of anilines is 2.